The van der Waals surface area contributed by atoms with E-state index in [-0.39, 0.29) is 77.3 Å². The Hall–Kier alpha value is -7.01. The van der Waals surface area contributed by atoms with Gasteiger partial charge in [0.1, 0.15) is 100 Å². The van der Waals surface area contributed by atoms with Crippen LogP contribution in [-0.4, -0.2) is 267 Å². The van der Waals surface area contributed by atoms with E-state index in [0.29, 0.717) is 22.3 Å². The van der Waals surface area contributed by atoms with Crippen molar-refractivity contribution in [2.75, 3.05) is 56.8 Å². The van der Waals surface area contributed by atoms with E-state index in [9.17, 15) is 74.4 Å². The van der Waals surface area contributed by atoms with Gasteiger partial charge >= 0.3 is 6.09 Å². The van der Waals surface area contributed by atoms with Gasteiger partial charge in [0.05, 0.1) is 85.2 Å². The van der Waals surface area contributed by atoms with E-state index < -0.39 is 183 Å². The number of anilines is 1. The number of carbonyl (C=O) groups excluding carboxylic acids is 8. The van der Waals surface area contributed by atoms with Crippen LogP contribution >= 0.6 is 22.7 Å². The lowest BCUT2D eigenvalue weighted by Gasteiger charge is -2.47. The number of aromatic nitrogens is 6. The summed E-state index contributed by atoms with van der Waals surface area (Å²) < 4.78 is 28.7. The van der Waals surface area contributed by atoms with Crippen LogP contribution in [0.5, 0.6) is 0 Å². The zero-order valence-electron chi connectivity index (χ0n) is 53.3. The number of nitrogen functional groups attached to an aromatic ring is 1. The van der Waals surface area contributed by atoms with Gasteiger partial charge in [-0.3, -0.25) is 33.6 Å². The average molecular weight is 1450 g/mol. The summed E-state index contributed by atoms with van der Waals surface area (Å²) in [6, 6.07) is -7.85. The summed E-state index contributed by atoms with van der Waals surface area (Å²) in [5.41, 5.74) is 28.1. The number of halogens is 1. The zero-order valence-corrected chi connectivity index (χ0v) is 56.5. The van der Waals surface area contributed by atoms with E-state index in [1.165, 1.54) is 50.4 Å². The second-order valence-electron chi connectivity index (χ2n) is 22.8. The smallest absolute Gasteiger partial charge is 0.404 e. The molecule has 0 aromatic carbocycles. The summed E-state index contributed by atoms with van der Waals surface area (Å²) >= 11 is 2.52. The number of hydrogen-bond acceptors (Lipinski definition) is 31. The van der Waals surface area contributed by atoms with E-state index in [2.05, 4.69) is 74.3 Å². The van der Waals surface area contributed by atoms with Gasteiger partial charge in [-0.15, -0.1) is 22.7 Å². The monoisotopic (exact) mass is 1450 g/mol. The van der Waals surface area contributed by atoms with Crippen LogP contribution in [-0.2, 0) is 65.0 Å². The lowest BCUT2D eigenvalue weighted by molar-refractivity contribution is -0.372. The number of aromatic amines is 1. The van der Waals surface area contributed by atoms with Crippen molar-refractivity contribution in [3.63, 3.8) is 0 Å². The summed E-state index contributed by atoms with van der Waals surface area (Å²) in [7, 11) is 0.254. The molecule has 0 aliphatic carbocycles. The zero-order chi connectivity index (χ0) is 71.0. The van der Waals surface area contributed by atoms with Crippen molar-refractivity contribution < 1.29 is 115 Å². The number of imidazole rings is 1. The molecule has 38 nitrogen and oxygen atoms in total. The third kappa shape index (κ3) is 21.7. The molecule has 2 aliphatic heterocycles. The molecule has 0 radical (unpaired) electrons. The van der Waals surface area contributed by atoms with Crippen LogP contribution in [0.1, 0.15) is 88.8 Å². The molecule has 4 aromatic heterocycles. The molecule has 0 bridgehead atoms. The lowest BCUT2D eigenvalue weighted by Crippen LogP contribution is -3.00. The normalized spacial score (nSPS) is 23.8. The molecule has 42 heteroatoms. The fourth-order valence-electron chi connectivity index (χ4n) is 9.80. The summed E-state index contributed by atoms with van der Waals surface area (Å²) in [6.07, 6.45) is -20.0. The van der Waals surface area contributed by atoms with Gasteiger partial charge in [-0.1, -0.05) is 6.92 Å². The number of nitrogens with two attached hydrogens (primary N) is 5. The first-order chi connectivity index (χ1) is 45.3. The van der Waals surface area contributed by atoms with Crippen LogP contribution in [0.4, 0.5) is 10.6 Å². The largest absolute Gasteiger partial charge is 1.00 e. The van der Waals surface area contributed by atoms with Gasteiger partial charge in [-0.25, -0.2) is 29.7 Å². The highest BCUT2D eigenvalue weighted by Crippen LogP contribution is 2.35. The van der Waals surface area contributed by atoms with Crippen molar-refractivity contribution in [3.8, 4) is 10.7 Å². The Kier molecular flexibility index (Phi) is 31.0. The minimum atomic E-state index is -2.20. The highest BCUT2D eigenvalue weighted by atomic mass is 35.5. The Morgan fingerprint density at radius 2 is 1.46 bits per heavy atom. The van der Waals surface area contributed by atoms with Gasteiger partial charge in [-0.05, 0) is 31.7 Å². The molecular weight excluding hydrogens is 1370 g/mol. The number of nitrogens with zero attached hydrogens (tertiary/aromatic N) is 5. The van der Waals surface area contributed by atoms with E-state index in [0.717, 1.165) is 24.7 Å². The van der Waals surface area contributed by atoms with Crippen LogP contribution in [0, 0.1) is 12.8 Å². The summed E-state index contributed by atoms with van der Waals surface area (Å²) in [5.74, 6) is -7.69. The van der Waals surface area contributed by atoms with Crippen LogP contribution in [0.2, 0.25) is 0 Å². The molecule has 19 atom stereocenters. The van der Waals surface area contributed by atoms with Crippen molar-refractivity contribution >= 4 is 86.8 Å². The summed E-state index contributed by atoms with van der Waals surface area (Å²) in [4.78, 5) is 131. The van der Waals surface area contributed by atoms with Crippen LogP contribution in [0.3, 0.4) is 0 Å². The summed E-state index contributed by atoms with van der Waals surface area (Å²) in [5, 5.41) is 108. The maximum Gasteiger partial charge on any atom is 0.404 e. The van der Waals surface area contributed by atoms with Gasteiger partial charge in [0.15, 0.2) is 18.7 Å². The van der Waals surface area contributed by atoms with E-state index >= 15 is 4.79 Å². The maximum absolute atomic E-state index is 15.2. The number of aliphatic hydroxyl groups excluding tert-OH is 8. The molecule has 6 heterocycles. The Morgan fingerprint density at radius 1 is 0.784 bits per heavy atom. The molecule has 25 N–H and O–H groups in total. The maximum atomic E-state index is 15.2. The van der Waals surface area contributed by atoms with Gasteiger partial charge < -0.3 is 142 Å². The second kappa shape index (κ2) is 37.3. The topological polar surface area (TPSA) is 627 Å². The molecule has 2 fully saturated rings. The molecule has 540 valence electrons. The lowest BCUT2D eigenvalue weighted by atomic mass is 9.96. The average Bonchev–Trinajstić information content (AvgIpc) is 1.16. The number of thiazole rings is 2. The fourth-order valence-corrected chi connectivity index (χ4v) is 12.1. The van der Waals surface area contributed by atoms with Gasteiger partial charge in [0, 0.05) is 55.2 Å². The Labute approximate surface area is 571 Å². The Morgan fingerprint density at radius 3 is 2.08 bits per heavy atom. The van der Waals surface area contributed by atoms with Gasteiger partial charge in [0.2, 0.25) is 29.5 Å². The molecule has 0 spiro atoms. The number of nitrogens with one attached hydrogen (secondary N) is 7. The third-order valence-electron chi connectivity index (χ3n) is 15.3. The predicted octanol–water partition coefficient (Wildman–Crippen LogP) is -10.7. The minimum absolute atomic E-state index is 0. The minimum Gasteiger partial charge on any atom is -1.00 e. The Balaban J connectivity index is 0.0000170. The number of hydrogen-bond donors (Lipinski definition) is 20. The molecule has 97 heavy (non-hydrogen) atoms. The number of carbonyl (C=O) groups is 8. The third-order valence-corrected chi connectivity index (χ3v) is 18.2. The standard InChI is InChI=1S/C55H83N17O21S3.ClH/c1-20-33(69-46(72-44(20)58)25(12-31(57)76)64-13-24(56)45(59)82)50(86)71-35(41(26-14-61-19-65-26)91-54-43(39(80)37(78)29(15-73)90-54)92-53-40(81)42(93-55(60)88)38(79)30(16-74)89-53)51(87)66-22(3)36(77)21(2)47(83)70-34(23(4)75)49(85)63-10-8-32-67-28(18-94-32)52-68-27(17-95-52)48(84)62-9-7-11-96(5)6;/h14,17-19,21-25,29-30,34-43,53-54,64,73-75,77-81H,7-13,15-16,56H2,1-6H3,(H13-,57,58,59,60,61,62,63,65,66,69,70,71,72,76,82,83,84,85,86,87,88);1H/t21-,22+,23-,24+,25-,29-,30-,34+,35+,36-,37-,38-,39-,40-,41-,42-,43-,53-,54-;/m1./s1. The van der Waals surface area contributed by atoms with Crippen molar-refractivity contribution in [1.29, 1.82) is 0 Å². The number of amides is 8. The van der Waals surface area contributed by atoms with Crippen molar-refractivity contribution in [3.05, 3.63) is 56.8 Å². The number of rotatable bonds is 35. The van der Waals surface area contributed by atoms with E-state index in [1.807, 2.05) is 0 Å². The molecule has 4 aromatic rings. The molecule has 2 saturated heterocycles. The molecular formula is C55H84ClN17O21S3. The van der Waals surface area contributed by atoms with E-state index in [1.54, 1.807) is 10.8 Å². The highest BCUT2D eigenvalue weighted by Gasteiger charge is 2.54. The number of ether oxygens (including phenoxy) is 5. The van der Waals surface area contributed by atoms with Crippen LogP contribution < -0.4 is 73.0 Å². The molecule has 0 unspecified atom stereocenters. The Bertz CT molecular complexity index is 3290. The number of primary amides is 3. The first-order valence-electron chi connectivity index (χ1n) is 29.8. The van der Waals surface area contributed by atoms with Crippen LogP contribution in [0.15, 0.2) is 23.3 Å². The first-order valence-corrected chi connectivity index (χ1v) is 33.8. The van der Waals surface area contributed by atoms with Gasteiger partial charge in [-0.2, -0.15) is 0 Å². The second-order valence-corrected chi connectivity index (χ2v) is 27.0. The number of aliphatic hydroxyl groups is 8. The van der Waals surface area contributed by atoms with Crippen molar-refractivity contribution in [1.82, 2.24) is 61.8 Å². The molecule has 6 rings (SSSR count). The summed E-state index contributed by atoms with van der Waals surface area (Å²) in [6.45, 7) is 3.18. The van der Waals surface area contributed by atoms with E-state index in [4.69, 9.17) is 52.4 Å². The molecule has 0 saturated carbocycles. The molecule has 8 amide bonds. The van der Waals surface area contributed by atoms with Gasteiger partial charge in [0.25, 0.3) is 11.8 Å². The first kappa shape index (κ1) is 80.7. The predicted molar refractivity (Wildman–Crippen MR) is 339 cm³/mol. The number of H-pyrrole nitrogens is 1. The van der Waals surface area contributed by atoms with Crippen molar-refractivity contribution in [2.45, 2.75) is 157 Å². The van der Waals surface area contributed by atoms with Crippen molar-refractivity contribution in [2.24, 2.45) is 28.9 Å². The SMILES string of the molecule is Cc1c(N)nc([C@@H](CC(N)=O)NC[C@H](N)C(N)=O)nc1C(=O)N[C@H](C(=O)N[C@@H](C)[C@H](O)[C@@H](C)C(=O)N[C@H](C(=O)NCCc1nc(-c2nc(C(=O)NCCC[S+](C)C)cs2)cs1)[C@@H](C)O)[C@H](O[C@H]1O[C@H](CO)[C@@H](O)[C@@H](O)[C@H]1O[C@H]1O[C@H](CO)[C@@H](O)[C@@H](OC(N)=O)[C@H]1O)c1cnc[nH]1.[Cl-]. The van der Waals surface area contributed by atoms with Crippen LogP contribution in [0.25, 0.3) is 10.7 Å². The highest BCUT2D eigenvalue weighted by molar-refractivity contribution is 7.95. The quantitative estimate of drug-likeness (QED) is 0.0150. The fraction of sp³-hybridized carbons (Fsp3) is 0.618. The molecule has 2 aliphatic rings.